The van der Waals surface area contributed by atoms with E-state index in [4.69, 9.17) is 10.5 Å². The Hall–Kier alpha value is -3.00. The molecule has 1 saturated carbocycles. The maximum Gasteiger partial charge on any atom is 0.270 e. The van der Waals surface area contributed by atoms with E-state index in [-0.39, 0.29) is 30.2 Å². The summed E-state index contributed by atoms with van der Waals surface area (Å²) >= 11 is 0. The van der Waals surface area contributed by atoms with Gasteiger partial charge in [0.25, 0.3) is 5.91 Å². The molecule has 6 nitrogen and oxygen atoms in total. The topological polar surface area (TPSA) is 81.6 Å². The van der Waals surface area contributed by atoms with Crippen molar-refractivity contribution in [3.8, 4) is 5.75 Å². The molecule has 8 heteroatoms. The lowest BCUT2D eigenvalue weighted by Gasteiger charge is -2.11. The number of nitrogens with zero attached hydrogens (tertiary/aromatic N) is 2. The van der Waals surface area contributed by atoms with Gasteiger partial charge in [0, 0.05) is 18.3 Å². The van der Waals surface area contributed by atoms with Crippen molar-refractivity contribution in [2.75, 3.05) is 0 Å². The Morgan fingerprint density at radius 1 is 1.36 bits per heavy atom. The van der Waals surface area contributed by atoms with Crippen LogP contribution in [0.3, 0.4) is 0 Å². The first kappa shape index (κ1) is 18.4. The molecule has 2 heterocycles. The fraction of sp³-hybridized carbons (Fsp3) is 0.300. The predicted molar refractivity (Wildman–Crippen MR) is 99.2 cm³/mol. The molecule has 4 rings (SSSR count). The number of hydrogen-bond donors (Lipinski definition) is 2. The number of pyridine rings is 1. The molecule has 3 N–H and O–H groups in total. The summed E-state index contributed by atoms with van der Waals surface area (Å²) in [6.45, 7) is 3.27. The summed E-state index contributed by atoms with van der Waals surface area (Å²) < 4.78 is 35.1. The number of carbonyl (C=O) groups is 1. The van der Waals surface area contributed by atoms with Crippen molar-refractivity contribution in [2.45, 2.75) is 39.0 Å². The highest BCUT2D eigenvalue weighted by molar-refractivity contribution is 5.95. The van der Waals surface area contributed by atoms with Gasteiger partial charge in [-0.05, 0) is 44.0 Å². The summed E-state index contributed by atoms with van der Waals surface area (Å²) in [4.78, 5) is 17.1. The Morgan fingerprint density at radius 3 is 2.68 bits per heavy atom. The zero-order valence-corrected chi connectivity index (χ0v) is 15.5. The number of aromatic nitrogens is 2. The van der Waals surface area contributed by atoms with Crippen LogP contribution >= 0.6 is 0 Å². The lowest BCUT2D eigenvalue weighted by Crippen LogP contribution is -2.31. The van der Waals surface area contributed by atoms with Gasteiger partial charge in [-0.15, -0.1) is 0 Å². The second kappa shape index (κ2) is 6.87. The molecule has 3 aromatic rings. The maximum absolute atomic E-state index is 13.9. The van der Waals surface area contributed by atoms with Gasteiger partial charge in [-0.1, -0.05) is 6.07 Å². The van der Waals surface area contributed by atoms with E-state index in [2.05, 4.69) is 10.3 Å². The molecule has 0 aliphatic heterocycles. The van der Waals surface area contributed by atoms with Crippen LogP contribution in [-0.4, -0.2) is 27.4 Å². The van der Waals surface area contributed by atoms with Crippen LogP contribution in [0.1, 0.15) is 33.7 Å². The first-order valence-corrected chi connectivity index (χ1v) is 8.96. The van der Waals surface area contributed by atoms with Crippen LogP contribution < -0.4 is 15.8 Å². The van der Waals surface area contributed by atoms with E-state index in [1.165, 1.54) is 18.2 Å². The average Bonchev–Trinajstić information content (AvgIpc) is 3.20. The smallest absolute Gasteiger partial charge is 0.270 e. The number of ether oxygens (including phenoxy) is 1. The van der Waals surface area contributed by atoms with E-state index in [0.717, 1.165) is 12.0 Å². The van der Waals surface area contributed by atoms with Gasteiger partial charge in [0.05, 0.1) is 11.3 Å². The number of benzene rings is 1. The molecule has 0 bridgehead atoms. The maximum atomic E-state index is 13.9. The summed E-state index contributed by atoms with van der Waals surface area (Å²) in [5, 5.41) is 2.89. The highest BCUT2D eigenvalue weighted by Gasteiger charge is 2.36. The van der Waals surface area contributed by atoms with Gasteiger partial charge in [-0.3, -0.25) is 9.20 Å². The highest BCUT2D eigenvalue weighted by atomic mass is 19.1. The van der Waals surface area contributed by atoms with Crippen LogP contribution in [0, 0.1) is 25.5 Å². The molecule has 1 aliphatic carbocycles. The van der Waals surface area contributed by atoms with Gasteiger partial charge in [0.2, 0.25) is 0 Å². The Bertz CT molecular complexity index is 1060. The quantitative estimate of drug-likeness (QED) is 0.706. The highest BCUT2D eigenvalue weighted by Crippen LogP contribution is 2.26. The fourth-order valence-corrected chi connectivity index (χ4v) is 3.18. The number of fused-ring (bicyclic) bond motifs is 1. The molecule has 2 unspecified atom stereocenters. The minimum Gasteiger partial charge on any atom is -0.485 e. The molecule has 0 spiro atoms. The second-order valence-corrected chi connectivity index (χ2v) is 7.09. The van der Waals surface area contributed by atoms with Crippen molar-refractivity contribution in [1.29, 1.82) is 0 Å². The monoisotopic (exact) mass is 386 g/mol. The summed E-state index contributed by atoms with van der Waals surface area (Å²) in [5.74, 6) is -1.28. The Balaban J connectivity index is 1.68. The molecule has 2 aromatic heterocycles. The number of carbonyl (C=O) groups excluding carboxylic acids is 1. The van der Waals surface area contributed by atoms with E-state index in [0.29, 0.717) is 22.8 Å². The third-order valence-corrected chi connectivity index (χ3v) is 4.80. The number of nitrogens with two attached hydrogens (primary N) is 1. The van der Waals surface area contributed by atoms with Crippen LogP contribution in [0.15, 0.2) is 30.5 Å². The number of amides is 1. The zero-order valence-electron chi connectivity index (χ0n) is 15.5. The van der Waals surface area contributed by atoms with Gasteiger partial charge in [0.15, 0.2) is 11.4 Å². The largest absolute Gasteiger partial charge is 0.485 e. The third-order valence-electron chi connectivity index (χ3n) is 4.80. The van der Waals surface area contributed by atoms with Crippen LogP contribution in [0.25, 0.3) is 5.65 Å². The summed E-state index contributed by atoms with van der Waals surface area (Å²) in [5.41, 5.74) is 7.74. The van der Waals surface area contributed by atoms with Gasteiger partial charge < -0.3 is 15.8 Å². The molecule has 28 heavy (non-hydrogen) atoms. The van der Waals surface area contributed by atoms with E-state index in [1.807, 2.05) is 6.92 Å². The molecular formula is C20H20F2N4O2. The molecule has 1 aliphatic rings. The molecular weight excluding hydrogens is 366 g/mol. The molecule has 146 valence electrons. The minimum atomic E-state index is -0.677. The number of rotatable bonds is 5. The molecule has 0 saturated heterocycles. The van der Waals surface area contributed by atoms with Crippen LogP contribution in [-0.2, 0) is 6.61 Å². The summed E-state index contributed by atoms with van der Waals surface area (Å²) in [7, 11) is 0. The minimum absolute atomic E-state index is 0.0141. The molecule has 1 fully saturated rings. The average molecular weight is 386 g/mol. The van der Waals surface area contributed by atoms with E-state index < -0.39 is 11.6 Å². The van der Waals surface area contributed by atoms with Crippen LogP contribution in [0.2, 0.25) is 0 Å². The first-order chi connectivity index (χ1) is 13.3. The SMILES string of the molecule is Cc1cc(OCc2c(F)cccc2F)c2nc(C)c(C(=O)NC3CC3N)n2c1. The lowest BCUT2D eigenvalue weighted by atomic mass is 10.2. The van der Waals surface area contributed by atoms with Gasteiger partial charge >= 0.3 is 0 Å². The number of nitrogens with one attached hydrogen (secondary N) is 1. The standard InChI is InChI=1S/C20H20F2N4O2/c1-10-6-17(28-9-12-13(21)4-3-5-14(12)22)19-24-11(2)18(26(19)8-10)20(27)25-16-7-15(16)23/h3-6,8,15-16H,7,9,23H2,1-2H3,(H,25,27). The second-order valence-electron chi connectivity index (χ2n) is 7.09. The third kappa shape index (κ3) is 3.31. The van der Waals surface area contributed by atoms with Gasteiger partial charge in [-0.2, -0.15) is 0 Å². The lowest BCUT2D eigenvalue weighted by molar-refractivity contribution is 0.0943. The zero-order chi connectivity index (χ0) is 20.0. The van der Waals surface area contributed by atoms with Gasteiger partial charge in [-0.25, -0.2) is 13.8 Å². The summed E-state index contributed by atoms with van der Waals surface area (Å²) in [6, 6.07) is 5.34. The van der Waals surface area contributed by atoms with Crippen molar-refractivity contribution in [3.05, 3.63) is 64.6 Å². The first-order valence-electron chi connectivity index (χ1n) is 8.96. The van der Waals surface area contributed by atoms with Crippen LogP contribution in [0.4, 0.5) is 8.78 Å². The van der Waals surface area contributed by atoms with Crippen molar-refractivity contribution in [2.24, 2.45) is 5.73 Å². The molecule has 2 atom stereocenters. The number of hydrogen-bond acceptors (Lipinski definition) is 4. The van der Waals surface area contributed by atoms with Crippen LogP contribution in [0.5, 0.6) is 5.75 Å². The van der Waals surface area contributed by atoms with Crippen molar-refractivity contribution in [3.63, 3.8) is 0 Å². The molecule has 1 aromatic carbocycles. The van der Waals surface area contributed by atoms with Gasteiger partial charge in [0.1, 0.15) is 23.9 Å². The molecule has 0 radical (unpaired) electrons. The number of halogens is 2. The van der Waals surface area contributed by atoms with Crippen molar-refractivity contribution >= 4 is 11.6 Å². The normalized spacial score (nSPS) is 18.3. The Kier molecular flexibility index (Phi) is 4.50. The Morgan fingerprint density at radius 2 is 2.04 bits per heavy atom. The summed E-state index contributed by atoms with van der Waals surface area (Å²) in [6.07, 6.45) is 2.52. The van der Waals surface area contributed by atoms with E-state index in [1.54, 1.807) is 23.6 Å². The molecule has 1 amide bonds. The van der Waals surface area contributed by atoms with Crippen molar-refractivity contribution in [1.82, 2.24) is 14.7 Å². The van der Waals surface area contributed by atoms with E-state index in [9.17, 15) is 13.6 Å². The number of imidazole rings is 1. The van der Waals surface area contributed by atoms with E-state index >= 15 is 0 Å². The fourth-order valence-electron chi connectivity index (χ4n) is 3.18. The Labute approximate surface area is 160 Å². The van der Waals surface area contributed by atoms with Crippen molar-refractivity contribution < 1.29 is 18.3 Å². The predicted octanol–water partition coefficient (Wildman–Crippen LogP) is 2.64. The number of aryl methyl sites for hydroxylation is 2.